The van der Waals surface area contributed by atoms with Crippen molar-refractivity contribution in [2.45, 2.75) is 25.6 Å². The van der Waals surface area contributed by atoms with Gasteiger partial charge in [0.15, 0.2) is 5.69 Å². The number of alkyl halides is 3. The number of likely N-dealkylation sites (tertiary alicyclic amines) is 1. The van der Waals surface area contributed by atoms with Crippen LogP contribution in [0.3, 0.4) is 0 Å². The number of H-pyrrole nitrogens is 1. The van der Waals surface area contributed by atoms with Crippen LogP contribution in [-0.2, 0) is 12.7 Å². The SMILES string of the molecule is O=C(c1cn[nH]c1)N1CCC(Cn2cnc(C(F)(F)F)cc2=O)CC1. The maximum absolute atomic E-state index is 12.5. The van der Waals surface area contributed by atoms with Crippen molar-refractivity contribution in [3.63, 3.8) is 0 Å². The van der Waals surface area contributed by atoms with Gasteiger partial charge in [-0.05, 0) is 18.8 Å². The average Bonchev–Trinajstić information content (AvgIpc) is 3.10. The molecule has 0 bridgehead atoms. The van der Waals surface area contributed by atoms with Crippen molar-refractivity contribution >= 4 is 5.91 Å². The molecule has 1 saturated heterocycles. The largest absolute Gasteiger partial charge is 0.433 e. The molecule has 1 amide bonds. The van der Waals surface area contributed by atoms with Crippen molar-refractivity contribution in [2.24, 2.45) is 5.92 Å². The highest BCUT2D eigenvalue weighted by Gasteiger charge is 2.33. The number of aromatic amines is 1. The van der Waals surface area contributed by atoms with Crippen molar-refractivity contribution < 1.29 is 18.0 Å². The Kier molecular flexibility index (Phi) is 4.60. The molecule has 0 aromatic carbocycles. The van der Waals surface area contributed by atoms with Gasteiger partial charge in [-0.1, -0.05) is 0 Å². The highest BCUT2D eigenvalue weighted by molar-refractivity contribution is 5.93. The molecule has 0 unspecified atom stereocenters. The summed E-state index contributed by atoms with van der Waals surface area (Å²) < 4.78 is 38.8. The molecule has 25 heavy (non-hydrogen) atoms. The molecule has 2 aromatic heterocycles. The summed E-state index contributed by atoms with van der Waals surface area (Å²) >= 11 is 0. The summed E-state index contributed by atoms with van der Waals surface area (Å²) in [6.45, 7) is 1.34. The lowest BCUT2D eigenvalue weighted by molar-refractivity contribution is -0.141. The Morgan fingerprint density at radius 2 is 2.04 bits per heavy atom. The lowest BCUT2D eigenvalue weighted by Gasteiger charge is -2.32. The van der Waals surface area contributed by atoms with Crippen molar-refractivity contribution in [3.8, 4) is 0 Å². The Hall–Kier alpha value is -2.65. The number of hydrogen-bond acceptors (Lipinski definition) is 4. The van der Waals surface area contributed by atoms with E-state index in [-0.39, 0.29) is 18.4 Å². The van der Waals surface area contributed by atoms with Gasteiger partial charge in [0.05, 0.1) is 18.1 Å². The summed E-state index contributed by atoms with van der Waals surface area (Å²) in [5.74, 6) is -0.00907. The fourth-order valence-electron chi connectivity index (χ4n) is 2.87. The Morgan fingerprint density at radius 1 is 1.32 bits per heavy atom. The van der Waals surface area contributed by atoms with Crippen molar-refractivity contribution in [1.29, 1.82) is 0 Å². The summed E-state index contributed by atoms with van der Waals surface area (Å²) in [6.07, 6.45) is 0.628. The van der Waals surface area contributed by atoms with E-state index in [4.69, 9.17) is 0 Å². The van der Waals surface area contributed by atoms with Crippen LogP contribution in [0.4, 0.5) is 13.2 Å². The van der Waals surface area contributed by atoms with Gasteiger partial charge in [0, 0.05) is 31.9 Å². The van der Waals surface area contributed by atoms with Crippen LogP contribution in [-0.4, -0.2) is 43.6 Å². The van der Waals surface area contributed by atoms with E-state index in [1.54, 1.807) is 4.90 Å². The molecule has 134 valence electrons. The zero-order chi connectivity index (χ0) is 18.0. The van der Waals surface area contributed by atoms with Gasteiger partial charge in [-0.25, -0.2) is 4.98 Å². The van der Waals surface area contributed by atoms with E-state index < -0.39 is 17.4 Å². The molecule has 7 nitrogen and oxygen atoms in total. The minimum atomic E-state index is -4.63. The highest BCUT2D eigenvalue weighted by Crippen LogP contribution is 2.26. The van der Waals surface area contributed by atoms with E-state index in [1.165, 1.54) is 17.0 Å². The van der Waals surface area contributed by atoms with Gasteiger partial charge < -0.3 is 4.90 Å². The van der Waals surface area contributed by atoms with Gasteiger partial charge in [-0.3, -0.25) is 19.3 Å². The summed E-state index contributed by atoms with van der Waals surface area (Å²) in [4.78, 5) is 29.1. The van der Waals surface area contributed by atoms with E-state index in [2.05, 4.69) is 15.2 Å². The second kappa shape index (κ2) is 6.69. The number of piperidine rings is 1. The van der Waals surface area contributed by atoms with Crippen LogP contribution >= 0.6 is 0 Å². The highest BCUT2D eigenvalue weighted by atomic mass is 19.4. The molecule has 0 atom stereocenters. The zero-order valence-corrected chi connectivity index (χ0v) is 13.2. The number of carbonyl (C=O) groups is 1. The molecule has 2 aromatic rings. The fraction of sp³-hybridized carbons (Fsp3) is 0.467. The number of hydrogen-bond donors (Lipinski definition) is 1. The summed E-state index contributed by atoms with van der Waals surface area (Å²) in [7, 11) is 0. The first kappa shape index (κ1) is 17.2. The first-order chi connectivity index (χ1) is 11.8. The third kappa shape index (κ3) is 3.89. The maximum atomic E-state index is 12.5. The lowest BCUT2D eigenvalue weighted by Crippen LogP contribution is -2.40. The first-order valence-electron chi connectivity index (χ1n) is 7.76. The number of carbonyl (C=O) groups excluding carboxylic acids is 1. The summed E-state index contributed by atoms with van der Waals surface area (Å²) in [5.41, 5.74) is -1.42. The van der Waals surface area contributed by atoms with Crippen LogP contribution in [0.2, 0.25) is 0 Å². The molecule has 0 radical (unpaired) electrons. The molecular formula is C15H16F3N5O2. The third-order valence-corrected chi connectivity index (χ3v) is 4.27. The first-order valence-corrected chi connectivity index (χ1v) is 7.76. The minimum Gasteiger partial charge on any atom is -0.339 e. The number of aromatic nitrogens is 4. The van der Waals surface area contributed by atoms with E-state index in [9.17, 15) is 22.8 Å². The van der Waals surface area contributed by atoms with Gasteiger partial charge >= 0.3 is 6.18 Å². The fourth-order valence-corrected chi connectivity index (χ4v) is 2.87. The lowest BCUT2D eigenvalue weighted by atomic mass is 9.96. The molecule has 0 spiro atoms. The predicted octanol–water partition coefficient (Wildman–Crippen LogP) is 1.54. The third-order valence-electron chi connectivity index (χ3n) is 4.27. The van der Waals surface area contributed by atoms with Crippen molar-refractivity contribution in [1.82, 2.24) is 24.6 Å². The van der Waals surface area contributed by atoms with Gasteiger partial charge in [0.25, 0.3) is 11.5 Å². The summed E-state index contributed by atoms with van der Waals surface area (Å²) in [6, 6.07) is 0.511. The van der Waals surface area contributed by atoms with E-state index >= 15 is 0 Å². The smallest absolute Gasteiger partial charge is 0.339 e. The summed E-state index contributed by atoms with van der Waals surface area (Å²) in [5, 5.41) is 6.34. The van der Waals surface area contributed by atoms with E-state index in [0.717, 1.165) is 6.33 Å². The van der Waals surface area contributed by atoms with Gasteiger partial charge in [-0.15, -0.1) is 0 Å². The Balaban J connectivity index is 1.59. The Bertz CT molecular complexity index is 792. The molecule has 3 heterocycles. The quantitative estimate of drug-likeness (QED) is 0.905. The number of rotatable bonds is 3. The topological polar surface area (TPSA) is 83.9 Å². The zero-order valence-electron chi connectivity index (χ0n) is 13.2. The van der Waals surface area contributed by atoms with Crippen LogP contribution < -0.4 is 5.56 Å². The normalized spacial score (nSPS) is 16.2. The monoisotopic (exact) mass is 355 g/mol. The second-order valence-corrected chi connectivity index (χ2v) is 5.99. The van der Waals surface area contributed by atoms with Crippen LogP contribution in [0.15, 0.2) is 29.6 Å². The van der Waals surface area contributed by atoms with Crippen molar-refractivity contribution in [2.75, 3.05) is 13.1 Å². The number of halogens is 3. The minimum absolute atomic E-state index is 0.102. The van der Waals surface area contributed by atoms with E-state index in [0.29, 0.717) is 37.6 Å². The molecule has 1 N–H and O–H groups in total. The van der Waals surface area contributed by atoms with Crippen LogP contribution in [0.5, 0.6) is 0 Å². The van der Waals surface area contributed by atoms with Gasteiger partial charge in [0.2, 0.25) is 0 Å². The molecule has 0 aliphatic carbocycles. The number of nitrogens with one attached hydrogen (secondary N) is 1. The Labute approximate surface area is 140 Å². The van der Waals surface area contributed by atoms with Crippen molar-refractivity contribution in [3.05, 3.63) is 46.4 Å². The molecule has 10 heteroatoms. The van der Waals surface area contributed by atoms with Gasteiger partial charge in [0.1, 0.15) is 0 Å². The van der Waals surface area contributed by atoms with Crippen LogP contribution in [0.1, 0.15) is 28.9 Å². The molecular weight excluding hydrogens is 339 g/mol. The second-order valence-electron chi connectivity index (χ2n) is 5.99. The molecule has 3 rings (SSSR count). The molecule has 1 aliphatic rings. The predicted molar refractivity (Wildman–Crippen MR) is 80.7 cm³/mol. The van der Waals surface area contributed by atoms with Gasteiger partial charge in [-0.2, -0.15) is 18.3 Å². The average molecular weight is 355 g/mol. The van der Waals surface area contributed by atoms with Crippen LogP contribution in [0, 0.1) is 5.92 Å². The molecule has 1 aliphatic heterocycles. The molecule has 0 saturated carbocycles. The van der Waals surface area contributed by atoms with E-state index in [1.807, 2.05) is 0 Å². The Morgan fingerprint density at radius 3 is 2.60 bits per heavy atom. The number of amides is 1. The maximum Gasteiger partial charge on any atom is 0.433 e. The standard InChI is InChI=1S/C15H16F3N5O2/c16-15(17,18)12-5-13(24)23(9-19-12)8-10-1-3-22(4-2-10)14(25)11-6-20-21-7-11/h5-7,9-10H,1-4,8H2,(H,20,21). The number of nitrogens with zero attached hydrogens (tertiary/aromatic N) is 4. The van der Waals surface area contributed by atoms with Crippen LogP contribution in [0.25, 0.3) is 0 Å². The molecule has 1 fully saturated rings.